The second kappa shape index (κ2) is 3.57. The molecule has 2 unspecified atom stereocenters. The van der Waals surface area contributed by atoms with E-state index in [2.05, 4.69) is 30.5 Å². The van der Waals surface area contributed by atoms with Crippen LogP contribution in [0.25, 0.3) is 0 Å². The van der Waals surface area contributed by atoms with Crippen LogP contribution in [0.15, 0.2) is 18.2 Å². The van der Waals surface area contributed by atoms with Crippen molar-refractivity contribution in [3.8, 4) is 0 Å². The summed E-state index contributed by atoms with van der Waals surface area (Å²) in [4.78, 5) is 10.9. The first-order valence-electron chi connectivity index (χ1n) is 5.26. The Hall–Kier alpha value is -1.51. The molecule has 3 nitrogen and oxygen atoms in total. The Kier molecular flexibility index (Phi) is 2.39. The molecule has 0 bridgehead atoms. The maximum absolute atomic E-state index is 10.9. The van der Waals surface area contributed by atoms with Gasteiger partial charge in [0.2, 0.25) is 5.91 Å². The third-order valence-electron chi connectivity index (χ3n) is 3.00. The van der Waals surface area contributed by atoms with Crippen molar-refractivity contribution in [3.05, 3.63) is 23.8 Å². The Morgan fingerprint density at radius 3 is 2.80 bits per heavy atom. The zero-order chi connectivity index (χ0) is 11.0. The first-order chi connectivity index (χ1) is 7.08. The predicted octanol–water partition coefficient (Wildman–Crippen LogP) is 2.56. The number of carbonyl (C=O) groups excluding carboxylic acids is 1. The van der Waals surface area contributed by atoms with E-state index in [1.807, 2.05) is 12.1 Å². The van der Waals surface area contributed by atoms with Crippen molar-refractivity contribution in [2.24, 2.45) is 0 Å². The van der Waals surface area contributed by atoms with E-state index in [0.29, 0.717) is 12.0 Å². The lowest BCUT2D eigenvalue weighted by Crippen LogP contribution is -2.12. The molecule has 1 amide bonds. The first-order valence-corrected chi connectivity index (χ1v) is 5.26. The van der Waals surface area contributed by atoms with Crippen LogP contribution in [0.2, 0.25) is 0 Å². The lowest BCUT2D eigenvalue weighted by Gasteiger charge is -2.09. The molecule has 0 fully saturated rings. The molecule has 80 valence electrons. The third kappa shape index (κ3) is 1.82. The van der Waals surface area contributed by atoms with Crippen LogP contribution in [0.3, 0.4) is 0 Å². The van der Waals surface area contributed by atoms with E-state index in [1.54, 1.807) is 0 Å². The average Bonchev–Trinajstić information content (AvgIpc) is 2.43. The fourth-order valence-corrected chi connectivity index (χ4v) is 1.99. The highest BCUT2D eigenvalue weighted by Crippen LogP contribution is 2.36. The Morgan fingerprint density at radius 1 is 1.40 bits per heavy atom. The minimum Gasteiger partial charge on any atom is -0.382 e. The standard InChI is InChI=1S/C12H16N2O/c1-7-8(2)13-12-5-4-10(6-11(7)12)14-9(3)15/h4-8,13H,1-3H3,(H,14,15). The van der Waals surface area contributed by atoms with Gasteiger partial charge in [0, 0.05) is 30.3 Å². The number of nitrogens with one attached hydrogen (secondary N) is 2. The van der Waals surface area contributed by atoms with Crippen LogP contribution < -0.4 is 10.6 Å². The number of anilines is 2. The van der Waals surface area contributed by atoms with Crippen LogP contribution >= 0.6 is 0 Å². The molecule has 2 rings (SSSR count). The van der Waals surface area contributed by atoms with E-state index in [9.17, 15) is 4.79 Å². The monoisotopic (exact) mass is 204 g/mol. The minimum atomic E-state index is -0.0263. The highest BCUT2D eigenvalue weighted by Gasteiger charge is 2.24. The van der Waals surface area contributed by atoms with E-state index in [-0.39, 0.29) is 5.91 Å². The summed E-state index contributed by atoms with van der Waals surface area (Å²) in [6, 6.07) is 6.48. The van der Waals surface area contributed by atoms with Crippen molar-refractivity contribution in [2.45, 2.75) is 32.7 Å². The molecular weight excluding hydrogens is 188 g/mol. The molecule has 3 heteroatoms. The Labute approximate surface area is 89.9 Å². The molecule has 15 heavy (non-hydrogen) atoms. The van der Waals surface area contributed by atoms with Gasteiger partial charge in [-0.2, -0.15) is 0 Å². The van der Waals surface area contributed by atoms with Crippen LogP contribution in [0.1, 0.15) is 32.3 Å². The number of hydrogen-bond acceptors (Lipinski definition) is 2. The number of rotatable bonds is 1. The van der Waals surface area contributed by atoms with E-state index in [1.165, 1.54) is 18.2 Å². The number of benzene rings is 1. The third-order valence-corrected chi connectivity index (χ3v) is 3.00. The predicted molar refractivity (Wildman–Crippen MR) is 62.2 cm³/mol. The summed E-state index contributed by atoms with van der Waals surface area (Å²) < 4.78 is 0. The quantitative estimate of drug-likeness (QED) is 0.738. The number of fused-ring (bicyclic) bond motifs is 1. The molecular formula is C12H16N2O. The summed E-state index contributed by atoms with van der Waals surface area (Å²) >= 11 is 0. The zero-order valence-electron chi connectivity index (χ0n) is 9.29. The fourth-order valence-electron chi connectivity index (χ4n) is 1.99. The highest BCUT2D eigenvalue weighted by atomic mass is 16.1. The first kappa shape index (κ1) is 10.0. The van der Waals surface area contributed by atoms with Crippen LogP contribution in [0.5, 0.6) is 0 Å². The largest absolute Gasteiger partial charge is 0.382 e. The van der Waals surface area contributed by atoms with Gasteiger partial charge in [0.25, 0.3) is 0 Å². The lowest BCUT2D eigenvalue weighted by molar-refractivity contribution is -0.114. The molecule has 2 N–H and O–H groups in total. The molecule has 1 heterocycles. The molecule has 0 radical (unpaired) electrons. The molecule has 1 aliphatic rings. The number of amides is 1. The molecule has 0 spiro atoms. The fraction of sp³-hybridized carbons (Fsp3) is 0.417. The van der Waals surface area contributed by atoms with Gasteiger partial charge in [0.15, 0.2) is 0 Å². The summed E-state index contributed by atoms with van der Waals surface area (Å²) in [5, 5.41) is 6.22. The number of carbonyl (C=O) groups is 1. The van der Waals surface area contributed by atoms with Crippen molar-refractivity contribution in [3.63, 3.8) is 0 Å². The molecule has 2 atom stereocenters. The Morgan fingerprint density at radius 2 is 2.13 bits per heavy atom. The van der Waals surface area contributed by atoms with Crippen molar-refractivity contribution in [1.82, 2.24) is 0 Å². The number of hydrogen-bond donors (Lipinski definition) is 2. The van der Waals surface area contributed by atoms with Gasteiger partial charge < -0.3 is 10.6 Å². The average molecular weight is 204 g/mol. The maximum Gasteiger partial charge on any atom is 0.221 e. The van der Waals surface area contributed by atoms with Crippen LogP contribution in [0.4, 0.5) is 11.4 Å². The van der Waals surface area contributed by atoms with Crippen LogP contribution in [0, 0.1) is 0 Å². The van der Waals surface area contributed by atoms with Crippen LogP contribution in [-0.2, 0) is 4.79 Å². The molecule has 1 aromatic carbocycles. The Balaban J connectivity index is 2.31. The molecule has 0 aromatic heterocycles. The molecule has 0 aliphatic carbocycles. The van der Waals surface area contributed by atoms with E-state index in [0.717, 1.165) is 5.69 Å². The summed E-state index contributed by atoms with van der Waals surface area (Å²) in [7, 11) is 0. The highest BCUT2D eigenvalue weighted by molar-refractivity contribution is 5.89. The van der Waals surface area contributed by atoms with Gasteiger partial charge in [-0.1, -0.05) is 6.92 Å². The van der Waals surface area contributed by atoms with Crippen molar-refractivity contribution < 1.29 is 4.79 Å². The van der Waals surface area contributed by atoms with E-state index in [4.69, 9.17) is 0 Å². The minimum absolute atomic E-state index is 0.0263. The van der Waals surface area contributed by atoms with Crippen LogP contribution in [-0.4, -0.2) is 11.9 Å². The van der Waals surface area contributed by atoms with Crippen molar-refractivity contribution in [1.29, 1.82) is 0 Å². The van der Waals surface area contributed by atoms with Gasteiger partial charge in [-0.25, -0.2) is 0 Å². The van der Waals surface area contributed by atoms with Gasteiger partial charge in [-0.05, 0) is 30.7 Å². The van der Waals surface area contributed by atoms with Gasteiger partial charge in [-0.3, -0.25) is 4.79 Å². The molecule has 0 saturated carbocycles. The summed E-state index contributed by atoms with van der Waals surface area (Å²) in [6.07, 6.45) is 0. The summed E-state index contributed by atoms with van der Waals surface area (Å²) in [6.45, 7) is 5.89. The Bertz CT molecular complexity index is 401. The smallest absolute Gasteiger partial charge is 0.221 e. The van der Waals surface area contributed by atoms with Gasteiger partial charge in [0.1, 0.15) is 0 Å². The summed E-state index contributed by atoms with van der Waals surface area (Å²) in [5.74, 6) is 0.468. The molecule has 1 aromatic rings. The lowest BCUT2D eigenvalue weighted by atomic mass is 9.98. The summed E-state index contributed by atoms with van der Waals surface area (Å²) in [5.41, 5.74) is 3.35. The van der Waals surface area contributed by atoms with Gasteiger partial charge in [0.05, 0.1) is 0 Å². The second-order valence-corrected chi connectivity index (χ2v) is 4.20. The van der Waals surface area contributed by atoms with Gasteiger partial charge in [-0.15, -0.1) is 0 Å². The topological polar surface area (TPSA) is 41.1 Å². The molecule has 1 aliphatic heterocycles. The van der Waals surface area contributed by atoms with E-state index >= 15 is 0 Å². The SMILES string of the molecule is CC(=O)Nc1ccc2c(c1)C(C)C(C)N2. The maximum atomic E-state index is 10.9. The normalized spacial score (nSPS) is 23.1. The van der Waals surface area contributed by atoms with Gasteiger partial charge >= 0.3 is 0 Å². The van der Waals surface area contributed by atoms with Crippen molar-refractivity contribution >= 4 is 17.3 Å². The zero-order valence-corrected chi connectivity index (χ0v) is 9.29. The molecule has 0 saturated heterocycles. The second-order valence-electron chi connectivity index (χ2n) is 4.20. The van der Waals surface area contributed by atoms with Crippen molar-refractivity contribution in [2.75, 3.05) is 10.6 Å². The van der Waals surface area contributed by atoms with E-state index < -0.39 is 0 Å².